The van der Waals surface area contributed by atoms with Crippen molar-refractivity contribution in [1.29, 1.82) is 0 Å². The van der Waals surface area contributed by atoms with Crippen molar-refractivity contribution in [3.63, 3.8) is 0 Å². The number of likely N-dealkylation sites (N-methyl/N-ethyl adjacent to an activating group) is 1. The van der Waals surface area contributed by atoms with Crippen molar-refractivity contribution in [2.45, 2.75) is 20.3 Å². The van der Waals surface area contributed by atoms with Gasteiger partial charge in [-0.3, -0.25) is 4.72 Å². The summed E-state index contributed by atoms with van der Waals surface area (Å²) in [5.41, 5.74) is 0.529. The molecule has 0 saturated carbocycles. The highest BCUT2D eigenvalue weighted by Gasteiger charge is 2.16. The van der Waals surface area contributed by atoms with Crippen LogP contribution in [0.15, 0.2) is 18.3 Å². The van der Waals surface area contributed by atoms with Crippen LogP contribution in [0, 0.1) is 5.92 Å². The van der Waals surface area contributed by atoms with E-state index >= 15 is 0 Å². The average Bonchev–Trinajstić information content (AvgIpc) is 2.47. The van der Waals surface area contributed by atoms with Crippen LogP contribution in [0.3, 0.4) is 0 Å². The zero-order chi connectivity index (χ0) is 16.2. The summed E-state index contributed by atoms with van der Waals surface area (Å²) in [7, 11) is -1.17. The molecule has 2 heterocycles. The molecule has 1 saturated heterocycles. The van der Waals surface area contributed by atoms with Crippen molar-refractivity contribution in [3.8, 4) is 0 Å². The van der Waals surface area contributed by atoms with Crippen LogP contribution >= 0.6 is 0 Å². The van der Waals surface area contributed by atoms with Gasteiger partial charge in [0, 0.05) is 26.2 Å². The molecule has 1 aliphatic rings. The number of nitrogens with zero attached hydrogens (tertiary/aromatic N) is 3. The van der Waals surface area contributed by atoms with Crippen LogP contribution < -0.4 is 9.62 Å². The van der Waals surface area contributed by atoms with E-state index in [-0.39, 0.29) is 5.75 Å². The van der Waals surface area contributed by atoms with Gasteiger partial charge in [0.25, 0.3) is 0 Å². The van der Waals surface area contributed by atoms with Crippen LogP contribution in [0.1, 0.15) is 20.3 Å². The normalized spacial score (nSPS) is 17.0. The lowest BCUT2D eigenvalue weighted by molar-refractivity contribution is 0.312. The Bertz CT molecular complexity index is 564. The minimum atomic E-state index is -3.28. The number of aromatic nitrogens is 1. The SMILES string of the molecule is CC(C)CCS(=O)(=O)Nc1ccc(N2CCN(C)CC2)nc1. The van der Waals surface area contributed by atoms with Gasteiger partial charge in [0.1, 0.15) is 5.82 Å². The highest BCUT2D eigenvalue weighted by atomic mass is 32.2. The number of sulfonamides is 1. The Balaban J connectivity index is 1.94. The van der Waals surface area contributed by atoms with E-state index < -0.39 is 10.0 Å². The monoisotopic (exact) mass is 326 g/mol. The summed E-state index contributed by atoms with van der Waals surface area (Å²) in [5.74, 6) is 1.41. The summed E-state index contributed by atoms with van der Waals surface area (Å²) in [6.45, 7) is 7.96. The van der Waals surface area contributed by atoms with E-state index in [0.29, 0.717) is 18.0 Å². The molecule has 124 valence electrons. The van der Waals surface area contributed by atoms with E-state index in [1.165, 1.54) is 0 Å². The predicted molar refractivity (Wildman–Crippen MR) is 90.8 cm³/mol. The third kappa shape index (κ3) is 5.14. The Morgan fingerprint density at radius 2 is 1.91 bits per heavy atom. The van der Waals surface area contributed by atoms with Crippen molar-refractivity contribution in [2.24, 2.45) is 5.92 Å². The van der Waals surface area contributed by atoms with Crippen LogP contribution in [0.2, 0.25) is 0 Å². The number of anilines is 2. The lowest BCUT2D eigenvalue weighted by Crippen LogP contribution is -2.44. The van der Waals surface area contributed by atoms with Crippen LogP contribution in [0.5, 0.6) is 0 Å². The van der Waals surface area contributed by atoms with E-state index in [9.17, 15) is 8.42 Å². The second-order valence-electron chi connectivity index (χ2n) is 6.30. The molecule has 1 fully saturated rings. The van der Waals surface area contributed by atoms with Gasteiger partial charge in [-0.05, 0) is 31.5 Å². The second kappa shape index (κ2) is 7.28. The summed E-state index contributed by atoms with van der Waals surface area (Å²) in [6, 6.07) is 3.67. The molecule has 0 amide bonds. The fourth-order valence-corrected chi connectivity index (χ4v) is 3.65. The minimum Gasteiger partial charge on any atom is -0.354 e. The Hall–Kier alpha value is -1.34. The lowest BCUT2D eigenvalue weighted by atomic mass is 10.2. The van der Waals surface area contributed by atoms with Gasteiger partial charge in [-0.2, -0.15) is 0 Å². The van der Waals surface area contributed by atoms with Gasteiger partial charge < -0.3 is 9.80 Å². The van der Waals surface area contributed by atoms with Crippen molar-refractivity contribution >= 4 is 21.5 Å². The summed E-state index contributed by atoms with van der Waals surface area (Å²) in [4.78, 5) is 8.89. The predicted octanol–water partition coefficient (Wildman–Crippen LogP) is 1.62. The summed E-state index contributed by atoms with van der Waals surface area (Å²) < 4.78 is 26.5. The molecule has 22 heavy (non-hydrogen) atoms. The maximum atomic E-state index is 12.0. The molecule has 1 aromatic rings. The second-order valence-corrected chi connectivity index (χ2v) is 8.14. The molecule has 0 atom stereocenters. The smallest absolute Gasteiger partial charge is 0.232 e. The summed E-state index contributed by atoms with van der Waals surface area (Å²) in [5, 5.41) is 0. The topological polar surface area (TPSA) is 65.5 Å². The molecule has 2 rings (SSSR count). The number of pyridine rings is 1. The molecule has 0 aromatic carbocycles. The molecule has 1 N–H and O–H groups in total. The number of nitrogens with one attached hydrogen (secondary N) is 1. The minimum absolute atomic E-state index is 0.144. The maximum absolute atomic E-state index is 12.0. The zero-order valence-electron chi connectivity index (χ0n) is 13.6. The molecule has 0 spiro atoms. The van der Waals surface area contributed by atoms with Crippen LogP contribution in [-0.4, -0.2) is 57.3 Å². The molecule has 6 nitrogen and oxygen atoms in total. The first-order chi connectivity index (χ1) is 10.4. The highest BCUT2D eigenvalue weighted by molar-refractivity contribution is 7.92. The van der Waals surface area contributed by atoms with Crippen LogP contribution in [0.4, 0.5) is 11.5 Å². The van der Waals surface area contributed by atoms with Gasteiger partial charge in [0.15, 0.2) is 0 Å². The van der Waals surface area contributed by atoms with Gasteiger partial charge in [0.2, 0.25) is 10.0 Å². The van der Waals surface area contributed by atoms with Gasteiger partial charge in [-0.25, -0.2) is 13.4 Å². The molecular weight excluding hydrogens is 300 g/mol. The Morgan fingerprint density at radius 3 is 2.45 bits per heavy atom. The molecule has 1 aromatic heterocycles. The van der Waals surface area contributed by atoms with E-state index in [4.69, 9.17) is 0 Å². The van der Waals surface area contributed by atoms with Crippen LogP contribution in [0.25, 0.3) is 0 Å². The molecule has 1 aliphatic heterocycles. The fraction of sp³-hybridized carbons (Fsp3) is 0.667. The first-order valence-electron chi connectivity index (χ1n) is 7.76. The van der Waals surface area contributed by atoms with Crippen molar-refractivity contribution < 1.29 is 8.42 Å². The number of piperazine rings is 1. The Labute approximate surface area is 133 Å². The number of hydrogen-bond donors (Lipinski definition) is 1. The lowest BCUT2D eigenvalue weighted by Gasteiger charge is -2.33. The third-order valence-electron chi connectivity index (χ3n) is 3.81. The molecule has 0 unspecified atom stereocenters. The maximum Gasteiger partial charge on any atom is 0.232 e. The summed E-state index contributed by atoms with van der Waals surface area (Å²) >= 11 is 0. The Morgan fingerprint density at radius 1 is 1.23 bits per heavy atom. The standard InChI is InChI=1S/C15H26N4O2S/c1-13(2)6-11-22(20,21)17-14-4-5-15(16-12-14)19-9-7-18(3)8-10-19/h4-5,12-13,17H,6-11H2,1-3H3. The number of rotatable bonds is 6. The molecular formula is C15H26N4O2S. The van der Waals surface area contributed by atoms with Crippen molar-refractivity contribution in [3.05, 3.63) is 18.3 Å². The Kier molecular flexibility index (Phi) is 5.63. The van der Waals surface area contributed by atoms with Crippen LogP contribution in [-0.2, 0) is 10.0 Å². The number of hydrogen-bond acceptors (Lipinski definition) is 5. The van der Waals surface area contributed by atoms with Gasteiger partial charge in [-0.15, -0.1) is 0 Å². The zero-order valence-corrected chi connectivity index (χ0v) is 14.4. The van der Waals surface area contributed by atoms with Gasteiger partial charge in [0.05, 0.1) is 17.6 Å². The average molecular weight is 326 g/mol. The molecule has 0 radical (unpaired) electrons. The third-order valence-corrected chi connectivity index (χ3v) is 5.13. The molecule has 0 bridgehead atoms. The van der Waals surface area contributed by atoms with E-state index in [0.717, 1.165) is 32.0 Å². The van der Waals surface area contributed by atoms with E-state index in [2.05, 4.69) is 26.6 Å². The largest absolute Gasteiger partial charge is 0.354 e. The van der Waals surface area contributed by atoms with Gasteiger partial charge >= 0.3 is 0 Å². The first kappa shape index (κ1) is 17.0. The highest BCUT2D eigenvalue weighted by Crippen LogP contribution is 2.17. The van der Waals surface area contributed by atoms with E-state index in [1.54, 1.807) is 12.3 Å². The first-order valence-corrected chi connectivity index (χ1v) is 9.41. The fourth-order valence-electron chi connectivity index (χ4n) is 2.29. The summed E-state index contributed by atoms with van der Waals surface area (Å²) in [6.07, 6.45) is 2.25. The van der Waals surface area contributed by atoms with Crippen molar-refractivity contribution in [2.75, 3.05) is 48.6 Å². The molecule has 0 aliphatic carbocycles. The molecule has 7 heteroatoms. The van der Waals surface area contributed by atoms with E-state index in [1.807, 2.05) is 19.9 Å². The van der Waals surface area contributed by atoms with Crippen molar-refractivity contribution in [1.82, 2.24) is 9.88 Å². The van der Waals surface area contributed by atoms with Gasteiger partial charge in [-0.1, -0.05) is 13.8 Å². The quantitative estimate of drug-likeness (QED) is 0.860.